The molecule has 0 aliphatic heterocycles. The summed E-state index contributed by atoms with van der Waals surface area (Å²) in [6, 6.07) is 3.96. The monoisotopic (exact) mass is 378 g/mol. The first-order chi connectivity index (χ1) is 13.6. The Bertz CT molecular complexity index is 1170. The van der Waals surface area contributed by atoms with E-state index in [0.29, 0.717) is 29.3 Å². The Morgan fingerprint density at radius 2 is 2.04 bits per heavy atom. The Balaban J connectivity index is 1.51. The van der Waals surface area contributed by atoms with Crippen LogP contribution in [0.5, 0.6) is 5.88 Å². The molecule has 0 radical (unpaired) electrons. The maximum Gasteiger partial charge on any atom is 0.256 e. The molecule has 4 aromatic heterocycles. The van der Waals surface area contributed by atoms with Crippen molar-refractivity contribution in [2.24, 2.45) is 7.05 Å². The summed E-state index contributed by atoms with van der Waals surface area (Å²) in [4.78, 5) is 9.01. The van der Waals surface area contributed by atoms with Crippen molar-refractivity contribution < 1.29 is 4.74 Å². The first-order valence-corrected chi connectivity index (χ1v) is 9.42. The van der Waals surface area contributed by atoms with Gasteiger partial charge in [-0.15, -0.1) is 5.10 Å². The van der Waals surface area contributed by atoms with Gasteiger partial charge in [0.2, 0.25) is 11.7 Å². The average molecular weight is 378 g/mol. The van der Waals surface area contributed by atoms with E-state index < -0.39 is 0 Å². The first kappa shape index (κ1) is 16.9. The van der Waals surface area contributed by atoms with Crippen molar-refractivity contribution in [2.45, 2.75) is 38.6 Å². The van der Waals surface area contributed by atoms with Crippen LogP contribution in [0.25, 0.3) is 17.3 Å². The number of aryl methyl sites for hydroxylation is 3. The SMILES string of the molecule is CCn1nc([C@H]2C[C@@H]2c2cnn(C)c2)cc1-c1nc2nc(OC)cc(C)n2n1. The van der Waals surface area contributed by atoms with Crippen LogP contribution < -0.4 is 4.74 Å². The molecule has 0 aromatic carbocycles. The smallest absolute Gasteiger partial charge is 0.256 e. The van der Waals surface area contributed by atoms with E-state index in [9.17, 15) is 0 Å². The molecule has 0 unspecified atom stereocenters. The van der Waals surface area contributed by atoms with E-state index in [1.54, 1.807) is 11.6 Å². The fraction of sp³-hybridized carbons (Fsp3) is 0.421. The third kappa shape index (κ3) is 2.65. The molecule has 0 N–H and O–H groups in total. The molecule has 0 spiro atoms. The van der Waals surface area contributed by atoms with Crippen molar-refractivity contribution >= 4 is 5.78 Å². The molecule has 0 amide bonds. The summed E-state index contributed by atoms with van der Waals surface area (Å²) in [5.74, 6) is 2.60. The molecule has 144 valence electrons. The average Bonchev–Trinajstić information content (AvgIpc) is 3.04. The zero-order chi connectivity index (χ0) is 19.4. The van der Waals surface area contributed by atoms with Crippen LogP contribution >= 0.6 is 0 Å². The van der Waals surface area contributed by atoms with Gasteiger partial charge in [0.05, 0.1) is 19.0 Å². The van der Waals surface area contributed by atoms with E-state index in [2.05, 4.69) is 39.4 Å². The topological polar surface area (TPSA) is 88.0 Å². The second-order valence-corrected chi connectivity index (χ2v) is 7.25. The van der Waals surface area contributed by atoms with Gasteiger partial charge >= 0.3 is 0 Å². The summed E-state index contributed by atoms with van der Waals surface area (Å²) in [5.41, 5.74) is 4.20. The van der Waals surface area contributed by atoms with Crippen LogP contribution in [0.3, 0.4) is 0 Å². The van der Waals surface area contributed by atoms with Crippen LogP contribution in [0.4, 0.5) is 0 Å². The zero-order valence-electron chi connectivity index (χ0n) is 16.4. The lowest BCUT2D eigenvalue weighted by Crippen LogP contribution is -2.01. The van der Waals surface area contributed by atoms with E-state index >= 15 is 0 Å². The fourth-order valence-corrected chi connectivity index (χ4v) is 3.76. The van der Waals surface area contributed by atoms with Gasteiger partial charge in [0.1, 0.15) is 5.69 Å². The number of hydrogen-bond acceptors (Lipinski definition) is 6. The lowest BCUT2D eigenvalue weighted by atomic mass is 10.1. The number of aromatic nitrogens is 8. The Kier molecular flexibility index (Phi) is 3.71. The highest BCUT2D eigenvalue weighted by atomic mass is 16.5. The minimum Gasteiger partial charge on any atom is -0.481 e. The highest BCUT2D eigenvalue weighted by Crippen LogP contribution is 2.54. The third-order valence-electron chi connectivity index (χ3n) is 5.33. The summed E-state index contributed by atoms with van der Waals surface area (Å²) < 4.78 is 10.8. The molecule has 4 heterocycles. The minimum atomic E-state index is 0.424. The molecule has 2 atom stereocenters. The van der Waals surface area contributed by atoms with Gasteiger partial charge < -0.3 is 4.74 Å². The van der Waals surface area contributed by atoms with Crippen molar-refractivity contribution in [3.63, 3.8) is 0 Å². The Hall–Kier alpha value is -3.23. The zero-order valence-corrected chi connectivity index (χ0v) is 16.4. The third-order valence-corrected chi connectivity index (χ3v) is 5.33. The molecule has 28 heavy (non-hydrogen) atoms. The second-order valence-electron chi connectivity index (χ2n) is 7.25. The lowest BCUT2D eigenvalue weighted by Gasteiger charge is -2.00. The molecular weight excluding hydrogens is 356 g/mol. The van der Waals surface area contributed by atoms with Gasteiger partial charge in [-0.05, 0) is 37.8 Å². The van der Waals surface area contributed by atoms with E-state index in [0.717, 1.165) is 30.0 Å². The fourth-order valence-electron chi connectivity index (χ4n) is 3.76. The highest BCUT2D eigenvalue weighted by molar-refractivity contribution is 5.55. The number of ether oxygens (including phenoxy) is 1. The van der Waals surface area contributed by atoms with Crippen LogP contribution in [0.1, 0.15) is 42.1 Å². The van der Waals surface area contributed by atoms with Gasteiger partial charge in [0.25, 0.3) is 5.78 Å². The quantitative estimate of drug-likeness (QED) is 0.530. The van der Waals surface area contributed by atoms with Gasteiger partial charge in [-0.25, -0.2) is 4.52 Å². The molecule has 1 aliphatic carbocycles. The predicted octanol–water partition coefficient (Wildman–Crippen LogP) is 2.33. The minimum absolute atomic E-state index is 0.424. The molecule has 9 heteroatoms. The summed E-state index contributed by atoms with van der Waals surface area (Å²) in [5, 5.41) is 13.8. The molecule has 1 saturated carbocycles. The molecule has 4 aromatic rings. The van der Waals surface area contributed by atoms with Crippen molar-refractivity contribution in [3.8, 4) is 17.4 Å². The Morgan fingerprint density at radius 1 is 1.18 bits per heavy atom. The summed E-state index contributed by atoms with van der Waals surface area (Å²) in [6.45, 7) is 4.79. The number of nitrogens with zero attached hydrogens (tertiary/aromatic N) is 8. The van der Waals surface area contributed by atoms with Crippen molar-refractivity contribution in [2.75, 3.05) is 7.11 Å². The van der Waals surface area contributed by atoms with Crippen LogP contribution in [-0.2, 0) is 13.6 Å². The molecule has 0 bridgehead atoms. The molecule has 9 nitrogen and oxygen atoms in total. The second kappa shape index (κ2) is 6.15. The maximum absolute atomic E-state index is 5.25. The maximum atomic E-state index is 5.25. The number of methoxy groups -OCH3 is 1. The number of rotatable bonds is 5. The molecule has 1 aliphatic rings. The van der Waals surface area contributed by atoms with Gasteiger partial charge in [-0.1, -0.05) is 0 Å². The van der Waals surface area contributed by atoms with Crippen molar-refractivity contribution in [1.29, 1.82) is 0 Å². The van der Waals surface area contributed by atoms with Crippen LogP contribution in [0.15, 0.2) is 24.5 Å². The Labute approximate surface area is 162 Å². The van der Waals surface area contributed by atoms with Gasteiger partial charge in [0, 0.05) is 37.5 Å². The molecular formula is C19H22N8O. The Morgan fingerprint density at radius 3 is 2.75 bits per heavy atom. The largest absolute Gasteiger partial charge is 0.481 e. The lowest BCUT2D eigenvalue weighted by molar-refractivity contribution is 0.397. The van der Waals surface area contributed by atoms with Crippen molar-refractivity contribution in [3.05, 3.63) is 41.5 Å². The standard InChI is InChI=1S/C19H22N8O/c1-5-26-16(18-22-19-21-17(28-4)6-11(2)27(19)24-18)8-15(23-26)14-7-13(14)12-9-20-25(3)10-12/h6,8-10,13-14H,5,7H2,1-4H3/t13-,14+/m1/s1. The normalized spacial score (nSPS) is 18.7. The first-order valence-electron chi connectivity index (χ1n) is 9.42. The van der Waals surface area contributed by atoms with Gasteiger partial charge in [0.15, 0.2) is 0 Å². The van der Waals surface area contributed by atoms with Gasteiger partial charge in [-0.3, -0.25) is 9.36 Å². The highest BCUT2D eigenvalue weighted by Gasteiger charge is 2.42. The van der Waals surface area contributed by atoms with Crippen LogP contribution in [-0.4, -0.2) is 46.3 Å². The van der Waals surface area contributed by atoms with E-state index in [4.69, 9.17) is 9.84 Å². The van der Waals surface area contributed by atoms with Gasteiger partial charge in [-0.2, -0.15) is 20.2 Å². The summed E-state index contributed by atoms with van der Waals surface area (Å²) in [6.07, 6.45) is 5.14. The summed E-state index contributed by atoms with van der Waals surface area (Å²) in [7, 11) is 3.55. The van der Waals surface area contributed by atoms with E-state index in [1.807, 2.05) is 35.6 Å². The predicted molar refractivity (Wildman–Crippen MR) is 102 cm³/mol. The van der Waals surface area contributed by atoms with Crippen molar-refractivity contribution in [1.82, 2.24) is 39.1 Å². The van der Waals surface area contributed by atoms with E-state index in [1.165, 1.54) is 5.56 Å². The van der Waals surface area contributed by atoms with Crippen LogP contribution in [0.2, 0.25) is 0 Å². The number of hydrogen-bond donors (Lipinski definition) is 0. The molecule has 1 fully saturated rings. The number of fused-ring (bicyclic) bond motifs is 1. The summed E-state index contributed by atoms with van der Waals surface area (Å²) >= 11 is 0. The molecule has 0 saturated heterocycles. The van der Waals surface area contributed by atoms with Crippen LogP contribution in [0, 0.1) is 6.92 Å². The molecule has 5 rings (SSSR count). The van der Waals surface area contributed by atoms with E-state index in [-0.39, 0.29) is 0 Å².